The Morgan fingerprint density at radius 2 is 2.09 bits per heavy atom. The Morgan fingerprint density at radius 1 is 1.26 bits per heavy atom. The number of hydrogen-bond acceptors (Lipinski definition) is 5. The molecule has 3 aromatic rings. The van der Waals surface area contributed by atoms with Crippen molar-refractivity contribution in [2.75, 3.05) is 7.11 Å². The molecule has 1 heterocycles. The molecular formula is C17H14ClNO4. The number of esters is 1. The van der Waals surface area contributed by atoms with E-state index in [4.69, 9.17) is 25.5 Å². The summed E-state index contributed by atoms with van der Waals surface area (Å²) in [6.45, 7) is -0.0175. The molecule has 0 radical (unpaired) electrons. The van der Waals surface area contributed by atoms with Crippen molar-refractivity contribution < 1.29 is 18.7 Å². The number of oxazole rings is 1. The van der Waals surface area contributed by atoms with Crippen LogP contribution in [0.25, 0.3) is 11.1 Å². The van der Waals surface area contributed by atoms with Gasteiger partial charge in [0, 0.05) is 10.6 Å². The molecule has 0 N–H and O–H groups in total. The highest BCUT2D eigenvalue weighted by Gasteiger charge is 2.13. The summed E-state index contributed by atoms with van der Waals surface area (Å²) in [7, 11) is 1.54. The van der Waals surface area contributed by atoms with Crippen LogP contribution >= 0.6 is 11.6 Å². The second kappa shape index (κ2) is 6.71. The van der Waals surface area contributed by atoms with E-state index in [2.05, 4.69) is 4.98 Å². The first-order chi connectivity index (χ1) is 11.2. The number of nitrogens with zero attached hydrogens (tertiary/aromatic N) is 1. The number of rotatable bonds is 5. The predicted molar refractivity (Wildman–Crippen MR) is 85.5 cm³/mol. The smallest absolute Gasteiger partial charge is 0.310 e. The Hall–Kier alpha value is -2.53. The largest absolute Gasteiger partial charge is 0.496 e. The normalized spacial score (nSPS) is 10.7. The van der Waals surface area contributed by atoms with E-state index in [1.165, 1.54) is 7.11 Å². The minimum Gasteiger partial charge on any atom is -0.496 e. The molecule has 0 aliphatic heterocycles. The third kappa shape index (κ3) is 3.63. The van der Waals surface area contributed by atoms with Crippen LogP contribution in [0.2, 0.25) is 5.02 Å². The first-order valence-corrected chi connectivity index (χ1v) is 7.36. The number of halogens is 1. The minimum atomic E-state index is -0.409. The van der Waals surface area contributed by atoms with Crippen molar-refractivity contribution in [1.29, 1.82) is 0 Å². The number of carbonyl (C=O) groups excluding carboxylic acids is 1. The van der Waals surface area contributed by atoms with E-state index in [1.54, 1.807) is 18.2 Å². The van der Waals surface area contributed by atoms with Gasteiger partial charge in [0.1, 0.15) is 11.3 Å². The topological polar surface area (TPSA) is 61.6 Å². The average Bonchev–Trinajstić information content (AvgIpc) is 2.96. The van der Waals surface area contributed by atoms with E-state index in [9.17, 15) is 4.79 Å². The van der Waals surface area contributed by atoms with Crippen LogP contribution in [0.3, 0.4) is 0 Å². The molecule has 0 fully saturated rings. The van der Waals surface area contributed by atoms with E-state index in [-0.39, 0.29) is 13.0 Å². The summed E-state index contributed by atoms with van der Waals surface area (Å²) in [4.78, 5) is 16.2. The highest BCUT2D eigenvalue weighted by Crippen LogP contribution is 2.23. The van der Waals surface area contributed by atoms with Gasteiger partial charge >= 0.3 is 5.97 Å². The molecule has 118 valence electrons. The molecule has 0 atom stereocenters. The zero-order chi connectivity index (χ0) is 16.2. The maximum absolute atomic E-state index is 12.0. The number of hydrogen-bond donors (Lipinski definition) is 0. The Morgan fingerprint density at radius 3 is 2.87 bits per heavy atom. The number of benzene rings is 2. The number of ether oxygens (including phenoxy) is 2. The maximum Gasteiger partial charge on any atom is 0.310 e. The third-order valence-electron chi connectivity index (χ3n) is 3.27. The summed E-state index contributed by atoms with van der Waals surface area (Å²) in [5.74, 6) is 0.540. The van der Waals surface area contributed by atoms with Crippen LogP contribution in [0.5, 0.6) is 5.75 Å². The molecular weight excluding hydrogens is 318 g/mol. The number of aromatic nitrogens is 1. The summed E-state index contributed by atoms with van der Waals surface area (Å²) in [5, 5.41) is 0.535. The SMILES string of the molecule is COc1ccc(Cl)cc1CC(=O)OCc1nc2ccccc2o1. The first kappa shape index (κ1) is 15.4. The van der Waals surface area contributed by atoms with E-state index in [1.807, 2.05) is 24.3 Å². The highest BCUT2D eigenvalue weighted by atomic mass is 35.5. The van der Waals surface area contributed by atoms with Crippen molar-refractivity contribution in [3.8, 4) is 5.75 Å². The van der Waals surface area contributed by atoms with Gasteiger partial charge in [-0.15, -0.1) is 0 Å². The van der Waals surface area contributed by atoms with Gasteiger partial charge in [0.25, 0.3) is 0 Å². The zero-order valence-electron chi connectivity index (χ0n) is 12.4. The van der Waals surface area contributed by atoms with Crippen LogP contribution in [0.4, 0.5) is 0 Å². The number of para-hydroxylation sites is 2. The fraction of sp³-hybridized carbons (Fsp3) is 0.176. The molecule has 0 spiro atoms. The summed E-state index contributed by atoms with van der Waals surface area (Å²) >= 11 is 5.94. The van der Waals surface area contributed by atoms with Crippen LogP contribution in [-0.2, 0) is 22.6 Å². The molecule has 0 amide bonds. The molecule has 0 unspecified atom stereocenters. The molecule has 6 heteroatoms. The average molecular weight is 332 g/mol. The van der Waals surface area contributed by atoms with Gasteiger partial charge < -0.3 is 13.9 Å². The van der Waals surface area contributed by atoms with Crippen LogP contribution in [0, 0.1) is 0 Å². The second-order valence-electron chi connectivity index (χ2n) is 4.87. The summed E-state index contributed by atoms with van der Waals surface area (Å²) in [6, 6.07) is 12.5. The molecule has 5 nitrogen and oxygen atoms in total. The first-order valence-electron chi connectivity index (χ1n) is 6.98. The van der Waals surface area contributed by atoms with Gasteiger partial charge in [0.2, 0.25) is 5.89 Å². The fourth-order valence-electron chi connectivity index (χ4n) is 2.22. The molecule has 0 aliphatic carbocycles. The van der Waals surface area contributed by atoms with Crippen molar-refractivity contribution in [1.82, 2.24) is 4.98 Å². The highest BCUT2D eigenvalue weighted by molar-refractivity contribution is 6.30. The molecule has 2 aromatic carbocycles. The van der Waals surface area contributed by atoms with E-state index < -0.39 is 5.97 Å². The molecule has 0 saturated heterocycles. The van der Waals surface area contributed by atoms with Crippen LogP contribution in [0.15, 0.2) is 46.9 Å². The number of fused-ring (bicyclic) bond motifs is 1. The van der Waals surface area contributed by atoms with Gasteiger partial charge in [0.05, 0.1) is 13.5 Å². The van der Waals surface area contributed by atoms with Crippen molar-refractivity contribution in [3.63, 3.8) is 0 Å². The van der Waals surface area contributed by atoms with Gasteiger partial charge in [-0.25, -0.2) is 4.98 Å². The lowest BCUT2D eigenvalue weighted by Crippen LogP contribution is -2.09. The Bertz CT molecular complexity index is 810. The lowest BCUT2D eigenvalue weighted by atomic mass is 10.1. The quantitative estimate of drug-likeness (QED) is 0.666. The predicted octanol–water partition coefficient (Wildman–Crippen LogP) is 3.78. The van der Waals surface area contributed by atoms with Gasteiger partial charge in [0.15, 0.2) is 12.2 Å². The van der Waals surface area contributed by atoms with Crippen LogP contribution in [-0.4, -0.2) is 18.1 Å². The monoisotopic (exact) mass is 331 g/mol. The van der Waals surface area contributed by atoms with Gasteiger partial charge in [-0.2, -0.15) is 0 Å². The fourth-order valence-corrected chi connectivity index (χ4v) is 2.41. The standard InChI is InChI=1S/C17H14ClNO4/c1-21-14-7-6-12(18)8-11(14)9-17(20)22-10-16-19-13-4-2-3-5-15(13)23-16/h2-8H,9-10H2,1H3. The van der Waals surface area contributed by atoms with E-state index in [0.29, 0.717) is 27.8 Å². The molecule has 23 heavy (non-hydrogen) atoms. The number of methoxy groups -OCH3 is 1. The Balaban J connectivity index is 1.64. The van der Waals surface area contributed by atoms with Crippen molar-refractivity contribution >= 4 is 28.7 Å². The molecule has 1 aromatic heterocycles. The van der Waals surface area contributed by atoms with E-state index in [0.717, 1.165) is 5.52 Å². The Kier molecular flexibility index (Phi) is 4.48. The van der Waals surface area contributed by atoms with Crippen LogP contribution < -0.4 is 4.74 Å². The van der Waals surface area contributed by atoms with Crippen molar-refractivity contribution in [2.45, 2.75) is 13.0 Å². The molecule has 0 bridgehead atoms. The third-order valence-corrected chi connectivity index (χ3v) is 3.51. The molecule has 0 saturated carbocycles. The van der Waals surface area contributed by atoms with Gasteiger partial charge in [-0.1, -0.05) is 23.7 Å². The Labute approximate surface area is 137 Å². The lowest BCUT2D eigenvalue weighted by molar-refractivity contribution is -0.144. The van der Waals surface area contributed by atoms with Gasteiger partial charge in [-0.3, -0.25) is 4.79 Å². The summed E-state index contributed by atoms with van der Waals surface area (Å²) in [5.41, 5.74) is 2.06. The summed E-state index contributed by atoms with van der Waals surface area (Å²) in [6.07, 6.45) is 0.0595. The van der Waals surface area contributed by atoms with Crippen LogP contribution in [0.1, 0.15) is 11.5 Å². The number of carbonyl (C=O) groups is 1. The van der Waals surface area contributed by atoms with Crippen molar-refractivity contribution in [2.24, 2.45) is 0 Å². The summed E-state index contributed by atoms with van der Waals surface area (Å²) < 4.78 is 15.9. The molecule has 0 aliphatic rings. The zero-order valence-corrected chi connectivity index (χ0v) is 13.2. The maximum atomic E-state index is 12.0. The minimum absolute atomic E-state index is 0.0175. The van der Waals surface area contributed by atoms with Crippen molar-refractivity contribution in [3.05, 3.63) is 58.9 Å². The van der Waals surface area contributed by atoms with Gasteiger partial charge in [-0.05, 0) is 30.3 Å². The van der Waals surface area contributed by atoms with E-state index >= 15 is 0 Å². The lowest BCUT2D eigenvalue weighted by Gasteiger charge is -2.08. The second-order valence-corrected chi connectivity index (χ2v) is 5.31. The molecule has 3 rings (SSSR count).